The molecule has 0 aliphatic rings. The average Bonchev–Trinajstić information content (AvgIpc) is 2.94. The number of amides is 5. The maximum atomic E-state index is 13.2. The van der Waals surface area contributed by atoms with Gasteiger partial charge in [0.15, 0.2) is 0 Å². The van der Waals surface area contributed by atoms with Crippen molar-refractivity contribution in [1.82, 2.24) is 26.6 Å². The molecular weight excluding hydrogens is 702 g/mol. The molecule has 274 valence electrons. The topological polar surface area (TPSA) is 417 Å². The van der Waals surface area contributed by atoms with E-state index in [4.69, 9.17) is 40.6 Å². The van der Waals surface area contributed by atoms with Crippen LogP contribution in [-0.4, -0.2) is 133 Å². The number of rotatable bonds is 23. The second-order valence-corrected chi connectivity index (χ2v) is 12.0. The van der Waals surface area contributed by atoms with Crippen LogP contribution in [0.4, 0.5) is 0 Å². The van der Waals surface area contributed by atoms with E-state index in [0.717, 1.165) is 7.05 Å². The summed E-state index contributed by atoms with van der Waals surface area (Å²) in [4.78, 5) is 133. The number of likely N-dealkylation sites (N-methyl/N-ethyl adjacent to an activating group) is 1. The van der Waals surface area contributed by atoms with E-state index in [2.05, 4.69) is 19.7 Å². The summed E-state index contributed by atoms with van der Waals surface area (Å²) < 4.78 is 30.9. The Bertz CT molecular complexity index is 1300. The number of carboxylic acids is 3. The van der Waals surface area contributed by atoms with Crippen molar-refractivity contribution in [2.75, 3.05) is 20.3 Å². The summed E-state index contributed by atoms with van der Waals surface area (Å²) in [6.45, 7) is -2.72. The molecule has 25 nitrogen and oxygen atoms in total. The summed E-state index contributed by atoms with van der Waals surface area (Å²) in [5, 5.41) is 36.7. The maximum absolute atomic E-state index is 13.2. The Morgan fingerprint density at radius 2 is 0.917 bits per heavy atom. The van der Waals surface area contributed by atoms with Crippen LogP contribution in [0, 0.1) is 0 Å². The molecule has 14 N–H and O–H groups in total. The van der Waals surface area contributed by atoms with Crippen LogP contribution in [0.2, 0.25) is 0 Å². The first-order valence-corrected chi connectivity index (χ1v) is 16.3. The molecule has 5 atom stereocenters. The van der Waals surface area contributed by atoms with Gasteiger partial charge in [0.05, 0.1) is 25.7 Å². The Morgan fingerprint density at radius 3 is 1.25 bits per heavy atom. The molecule has 0 rings (SSSR count). The molecule has 0 aliphatic carbocycles. The number of hydrogen-bond acceptors (Lipinski definition) is 13. The van der Waals surface area contributed by atoms with Gasteiger partial charge in [-0.3, -0.25) is 47.4 Å². The summed E-state index contributed by atoms with van der Waals surface area (Å²) in [5.41, 5.74) is 5.40. The van der Waals surface area contributed by atoms with Gasteiger partial charge in [-0.2, -0.15) is 0 Å². The minimum absolute atomic E-state index is 0.449. The second-order valence-electron chi connectivity index (χ2n) is 9.50. The predicted molar refractivity (Wildman–Crippen MR) is 152 cm³/mol. The fourth-order valence-electron chi connectivity index (χ4n) is 3.33. The molecule has 0 saturated carbocycles. The molecule has 0 unspecified atom stereocenters. The van der Waals surface area contributed by atoms with E-state index in [-0.39, 0.29) is 0 Å². The molecule has 0 spiro atoms. The number of phosphoric acid groups is 2. The molecule has 0 aromatic rings. The zero-order chi connectivity index (χ0) is 37.4. The lowest BCUT2D eigenvalue weighted by molar-refractivity contribution is -0.140. The van der Waals surface area contributed by atoms with E-state index < -0.39 is 139 Å². The van der Waals surface area contributed by atoms with Crippen molar-refractivity contribution in [2.24, 2.45) is 5.73 Å². The number of nitrogens with one attached hydrogen (secondary N) is 5. The summed E-state index contributed by atoms with van der Waals surface area (Å²) in [6.07, 6.45) is -3.52. The van der Waals surface area contributed by atoms with Crippen molar-refractivity contribution in [3.05, 3.63) is 0 Å². The molecule has 27 heteroatoms. The third-order valence-electron chi connectivity index (χ3n) is 5.62. The summed E-state index contributed by atoms with van der Waals surface area (Å²) >= 11 is 0. The van der Waals surface area contributed by atoms with Crippen LogP contribution in [0.5, 0.6) is 0 Å². The highest BCUT2D eigenvalue weighted by atomic mass is 31.2. The fourth-order valence-corrected chi connectivity index (χ4v) is 4.02. The van der Waals surface area contributed by atoms with Crippen molar-refractivity contribution >= 4 is 63.1 Å². The molecule has 0 heterocycles. The smallest absolute Gasteiger partial charge is 0.469 e. The van der Waals surface area contributed by atoms with Gasteiger partial charge in [0.1, 0.15) is 24.2 Å². The molecule has 0 bridgehead atoms. The zero-order valence-electron chi connectivity index (χ0n) is 24.8. The number of aliphatic carboxylic acids is 3. The van der Waals surface area contributed by atoms with Gasteiger partial charge >= 0.3 is 33.6 Å². The average molecular weight is 738 g/mol. The molecule has 0 fully saturated rings. The highest BCUT2D eigenvalue weighted by Gasteiger charge is 2.34. The van der Waals surface area contributed by atoms with Gasteiger partial charge in [-0.05, 0) is 12.8 Å². The van der Waals surface area contributed by atoms with Crippen LogP contribution in [-0.2, 0) is 56.5 Å². The Balaban J connectivity index is 6.33. The van der Waals surface area contributed by atoms with Crippen LogP contribution in [0.25, 0.3) is 0 Å². The van der Waals surface area contributed by atoms with Crippen molar-refractivity contribution < 1.29 is 91.4 Å². The summed E-state index contributed by atoms with van der Waals surface area (Å²) in [7, 11) is -9.57. The van der Waals surface area contributed by atoms with Crippen molar-refractivity contribution in [3.8, 4) is 0 Å². The number of carbonyl (C=O) groups is 8. The lowest BCUT2D eigenvalue weighted by Gasteiger charge is -2.26. The van der Waals surface area contributed by atoms with E-state index in [0.29, 0.717) is 0 Å². The quantitative estimate of drug-likeness (QED) is 0.0435. The van der Waals surface area contributed by atoms with Crippen molar-refractivity contribution in [2.45, 2.75) is 62.3 Å². The van der Waals surface area contributed by atoms with Gasteiger partial charge in [0.2, 0.25) is 29.5 Å². The first-order valence-electron chi connectivity index (χ1n) is 13.2. The van der Waals surface area contributed by atoms with Crippen LogP contribution in [0.15, 0.2) is 0 Å². The Labute approximate surface area is 269 Å². The van der Waals surface area contributed by atoms with E-state index >= 15 is 0 Å². The van der Waals surface area contributed by atoms with E-state index in [9.17, 15) is 47.5 Å². The molecule has 0 aromatic carbocycles. The minimum atomic E-state index is -5.39. The van der Waals surface area contributed by atoms with E-state index in [1.54, 1.807) is 0 Å². The van der Waals surface area contributed by atoms with E-state index in [1.165, 1.54) is 0 Å². The summed E-state index contributed by atoms with van der Waals surface area (Å²) in [5.74, 6) is -10.9. The van der Waals surface area contributed by atoms with Gasteiger partial charge in [0.25, 0.3) is 0 Å². The van der Waals surface area contributed by atoms with E-state index in [1.807, 2.05) is 16.0 Å². The number of phosphoric ester groups is 2. The molecule has 0 saturated heterocycles. The highest BCUT2D eigenvalue weighted by molar-refractivity contribution is 7.46. The Kier molecular flexibility index (Phi) is 18.6. The fraction of sp³-hybridized carbons (Fsp3) is 0.619. The molecule has 0 aromatic heterocycles. The number of carboxylic acid groups (broad SMARTS) is 3. The first-order chi connectivity index (χ1) is 21.9. The maximum Gasteiger partial charge on any atom is 0.469 e. The van der Waals surface area contributed by atoms with Crippen LogP contribution in [0.1, 0.15) is 32.1 Å². The van der Waals surface area contributed by atoms with Crippen molar-refractivity contribution in [3.63, 3.8) is 0 Å². The third kappa shape index (κ3) is 19.6. The Morgan fingerprint density at radius 1 is 0.583 bits per heavy atom. The SMILES string of the molecule is CNC(=O)[C@H](CCC(=O)O)NC(=O)[C@H](CCC(=O)O)NC(=O)[C@H](COP(=O)(O)O)NC(=O)[C@H](COP(=O)(O)O)NC(=O)[C@@H](N)CC(=O)O. The molecule has 0 aliphatic heterocycles. The molecule has 5 amide bonds. The molecular formula is C21H36N6O19P2. The normalized spacial score (nSPS) is 14.6. The third-order valence-corrected chi connectivity index (χ3v) is 6.59. The second kappa shape index (κ2) is 20.3. The van der Waals surface area contributed by atoms with Crippen LogP contribution >= 0.6 is 15.6 Å². The lowest BCUT2D eigenvalue weighted by atomic mass is 10.1. The Hall–Kier alpha value is -4.06. The van der Waals surface area contributed by atoms with Gasteiger partial charge in [-0.1, -0.05) is 0 Å². The highest BCUT2D eigenvalue weighted by Crippen LogP contribution is 2.36. The monoisotopic (exact) mass is 738 g/mol. The predicted octanol–water partition coefficient (Wildman–Crippen LogP) is -5.58. The zero-order valence-corrected chi connectivity index (χ0v) is 26.6. The largest absolute Gasteiger partial charge is 0.481 e. The molecule has 48 heavy (non-hydrogen) atoms. The summed E-state index contributed by atoms with van der Waals surface area (Å²) in [6, 6.07) is -9.56. The van der Waals surface area contributed by atoms with Crippen LogP contribution < -0.4 is 32.3 Å². The van der Waals surface area contributed by atoms with Gasteiger partial charge in [-0.25, -0.2) is 9.13 Å². The number of hydrogen-bond donors (Lipinski definition) is 13. The van der Waals surface area contributed by atoms with Gasteiger partial charge < -0.3 is 67.2 Å². The van der Waals surface area contributed by atoms with Crippen molar-refractivity contribution in [1.29, 1.82) is 0 Å². The van der Waals surface area contributed by atoms with Gasteiger partial charge in [0, 0.05) is 19.9 Å². The lowest BCUT2D eigenvalue weighted by Crippen LogP contribution is -2.60. The minimum Gasteiger partial charge on any atom is -0.481 e. The standard InChI is InChI=1S/C21H36N6O19P2/c1-23-18(35)10(2-4-14(28)29)24-19(36)11(3-5-15(30)31)25-20(37)13(8-46-48(42,43)44)27-21(38)12(7-45-47(39,40)41)26-17(34)9(22)6-16(32)33/h9-13H,2-8,22H2,1H3,(H,23,35)(H,24,36)(H,25,37)(H,26,34)(H,27,38)(H,28,29)(H,30,31)(H,32,33)(H2,39,40,41)(H2,42,43,44)/t9-,10-,11-,12-,13-/m0/s1. The number of nitrogens with two attached hydrogens (primary N) is 1. The number of carbonyl (C=O) groups excluding carboxylic acids is 5. The first kappa shape index (κ1) is 43.9. The van der Waals surface area contributed by atoms with Gasteiger partial charge in [-0.15, -0.1) is 0 Å². The molecule has 0 radical (unpaired) electrons. The van der Waals surface area contributed by atoms with Crippen LogP contribution in [0.3, 0.4) is 0 Å².